The summed E-state index contributed by atoms with van der Waals surface area (Å²) in [6, 6.07) is 6.10. The maximum absolute atomic E-state index is 4.29. The Morgan fingerprint density at radius 1 is 1.56 bits per heavy atom. The fraction of sp³-hybridized carbons (Fsp3) is 0.286. The second kappa shape index (κ2) is 2.67. The molecule has 0 aliphatic rings. The van der Waals surface area contributed by atoms with Gasteiger partial charge >= 0.3 is 0 Å². The molecule has 0 aromatic carbocycles. The minimum Gasteiger partial charge on any atom is -0.269 e. The Bertz CT molecular complexity index is 198. The van der Waals surface area contributed by atoms with Crippen LogP contribution in [-0.4, -0.2) is 12.8 Å². The Labute approximate surface area is 56.5 Å². The molecule has 1 nitrogen and oxygen atoms in total. The topological polar surface area (TPSA) is 12.9 Å². The minimum atomic E-state index is 1.03. The molecule has 2 heteroatoms. The molecule has 0 atom stereocenters. The molecule has 1 aromatic heterocycles. The van der Waals surface area contributed by atoms with Crippen LogP contribution >= 0.6 is 0 Å². The highest BCUT2D eigenvalue weighted by Crippen LogP contribution is 1.89. The quantitative estimate of drug-likeness (QED) is 0.470. The molecule has 0 aliphatic carbocycles. The van der Waals surface area contributed by atoms with Gasteiger partial charge in [0, 0.05) is 5.69 Å². The van der Waals surface area contributed by atoms with E-state index >= 15 is 0 Å². The van der Waals surface area contributed by atoms with Crippen molar-refractivity contribution in [2.24, 2.45) is 0 Å². The molecule has 46 valence electrons. The Morgan fingerprint density at radius 2 is 2.33 bits per heavy atom. The van der Waals surface area contributed by atoms with Crippen LogP contribution in [0.5, 0.6) is 0 Å². The molecule has 0 amide bonds. The number of hydrogen-bond acceptors (Lipinski definition) is 1. The highest BCUT2D eigenvalue weighted by molar-refractivity contribution is 6.30. The first-order valence-electron chi connectivity index (χ1n) is 3.25. The van der Waals surface area contributed by atoms with Gasteiger partial charge in [0.05, 0.1) is 0 Å². The molecule has 0 aliphatic heterocycles. The molecule has 0 saturated heterocycles. The standard InChI is InChI=1S/C7H10BN/c1-2-6-4-3-5-7(8)9-6/h3-5H,2,8H2,1H3. The number of rotatable bonds is 1. The Kier molecular flexibility index (Phi) is 1.88. The van der Waals surface area contributed by atoms with Crippen LogP contribution in [0, 0.1) is 0 Å². The molecule has 9 heavy (non-hydrogen) atoms. The van der Waals surface area contributed by atoms with Gasteiger partial charge in [-0.1, -0.05) is 19.1 Å². The number of pyridine rings is 1. The van der Waals surface area contributed by atoms with Gasteiger partial charge in [0.15, 0.2) is 7.85 Å². The van der Waals surface area contributed by atoms with Gasteiger partial charge in [0.25, 0.3) is 0 Å². The number of nitrogens with zero attached hydrogens (tertiary/aromatic N) is 1. The van der Waals surface area contributed by atoms with E-state index in [1.165, 1.54) is 5.69 Å². The van der Waals surface area contributed by atoms with E-state index in [4.69, 9.17) is 0 Å². The molecular formula is C7H10BN. The van der Waals surface area contributed by atoms with Gasteiger partial charge < -0.3 is 0 Å². The summed E-state index contributed by atoms with van der Waals surface area (Å²) in [6.07, 6.45) is 1.03. The third kappa shape index (κ3) is 1.56. The Morgan fingerprint density at radius 3 is 2.78 bits per heavy atom. The van der Waals surface area contributed by atoms with Crippen molar-refractivity contribution in [2.75, 3.05) is 0 Å². The fourth-order valence-electron chi connectivity index (χ4n) is 0.796. The van der Waals surface area contributed by atoms with Crippen molar-refractivity contribution >= 4 is 13.4 Å². The molecule has 1 aromatic rings. The second-order valence-corrected chi connectivity index (χ2v) is 2.12. The average molecular weight is 119 g/mol. The minimum absolute atomic E-state index is 1.03. The molecular weight excluding hydrogens is 109 g/mol. The SMILES string of the molecule is Bc1cccc(CC)n1. The third-order valence-corrected chi connectivity index (χ3v) is 1.31. The lowest BCUT2D eigenvalue weighted by Crippen LogP contribution is -2.08. The molecule has 1 rings (SSSR count). The van der Waals surface area contributed by atoms with E-state index < -0.39 is 0 Å². The molecule has 0 spiro atoms. The van der Waals surface area contributed by atoms with E-state index in [1.54, 1.807) is 0 Å². The summed E-state index contributed by atoms with van der Waals surface area (Å²) in [7, 11) is 2.01. The lowest BCUT2D eigenvalue weighted by molar-refractivity contribution is 1.05. The van der Waals surface area contributed by atoms with E-state index in [0.29, 0.717) is 0 Å². The van der Waals surface area contributed by atoms with Crippen molar-refractivity contribution in [3.63, 3.8) is 0 Å². The fourth-order valence-corrected chi connectivity index (χ4v) is 0.796. The lowest BCUT2D eigenvalue weighted by atomic mass is 10.0. The van der Waals surface area contributed by atoms with Crippen molar-refractivity contribution in [3.05, 3.63) is 23.9 Å². The zero-order chi connectivity index (χ0) is 6.69. The van der Waals surface area contributed by atoms with Crippen LogP contribution < -0.4 is 5.59 Å². The van der Waals surface area contributed by atoms with Gasteiger partial charge in [-0.15, -0.1) is 0 Å². The summed E-state index contributed by atoms with van der Waals surface area (Å²) in [5.41, 5.74) is 2.28. The van der Waals surface area contributed by atoms with Gasteiger partial charge in [-0.25, -0.2) is 0 Å². The normalized spacial score (nSPS) is 9.44. The van der Waals surface area contributed by atoms with Crippen molar-refractivity contribution < 1.29 is 0 Å². The largest absolute Gasteiger partial charge is 0.269 e. The van der Waals surface area contributed by atoms with Gasteiger partial charge in [-0.3, -0.25) is 4.98 Å². The van der Waals surface area contributed by atoms with Crippen molar-refractivity contribution in [1.29, 1.82) is 0 Å². The number of hydrogen-bond donors (Lipinski definition) is 0. The second-order valence-electron chi connectivity index (χ2n) is 2.12. The van der Waals surface area contributed by atoms with Gasteiger partial charge in [0.1, 0.15) is 0 Å². The Balaban J connectivity index is 2.94. The summed E-state index contributed by atoms with van der Waals surface area (Å²) < 4.78 is 0. The van der Waals surface area contributed by atoms with Crippen LogP contribution in [0.15, 0.2) is 18.2 Å². The first-order chi connectivity index (χ1) is 4.33. The van der Waals surface area contributed by atoms with E-state index in [0.717, 1.165) is 12.0 Å². The summed E-state index contributed by atoms with van der Waals surface area (Å²) in [5, 5.41) is 0. The maximum Gasteiger partial charge on any atom is 0.163 e. The Hall–Kier alpha value is -0.785. The average Bonchev–Trinajstić information content (AvgIpc) is 1.88. The van der Waals surface area contributed by atoms with E-state index in [1.807, 2.05) is 26.0 Å². The number of aryl methyl sites for hydroxylation is 1. The van der Waals surface area contributed by atoms with Crippen LogP contribution in [0.2, 0.25) is 0 Å². The summed E-state index contributed by atoms with van der Waals surface area (Å²) in [4.78, 5) is 4.29. The molecule has 0 bridgehead atoms. The van der Waals surface area contributed by atoms with E-state index in [-0.39, 0.29) is 0 Å². The summed E-state index contributed by atoms with van der Waals surface area (Å²) >= 11 is 0. The monoisotopic (exact) mass is 119 g/mol. The van der Waals surface area contributed by atoms with Crippen LogP contribution in [0.3, 0.4) is 0 Å². The summed E-state index contributed by atoms with van der Waals surface area (Å²) in [5.74, 6) is 0. The highest BCUT2D eigenvalue weighted by Gasteiger charge is 1.87. The van der Waals surface area contributed by atoms with Crippen LogP contribution in [-0.2, 0) is 6.42 Å². The molecule has 0 saturated carbocycles. The van der Waals surface area contributed by atoms with E-state index in [9.17, 15) is 0 Å². The van der Waals surface area contributed by atoms with Crippen molar-refractivity contribution in [2.45, 2.75) is 13.3 Å². The summed E-state index contributed by atoms with van der Waals surface area (Å²) in [6.45, 7) is 2.11. The zero-order valence-electron chi connectivity index (χ0n) is 5.89. The van der Waals surface area contributed by atoms with Crippen LogP contribution in [0.25, 0.3) is 0 Å². The highest BCUT2D eigenvalue weighted by atomic mass is 14.7. The number of aromatic nitrogens is 1. The smallest absolute Gasteiger partial charge is 0.163 e. The third-order valence-electron chi connectivity index (χ3n) is 1.31. The predicted octanol–water partition coefficient (Wildman–Crippen LogP) is -0.0976. The molecule has 0 N–H and O–H groups in total. The van der Waals surface area contributed by atoms with Crippen LogP contribution in [0.1, 0.15) is 12.6 Å². The van der Waals surface area contributed by atoms with Gasteiger partial charge in [0.2, 0.25) is 0 Å². The van der Waals surface area contributed by atoms with Gasteiger partial charge in [-0.05, 0) is 18.1 Å². The maximum atomic E-state index is 4.29. The lowest BCUT2D eigenvalue weighted by Gasteiger charge is -1.94. The zero-order valence-corrected chi connectivity index (χ0v) is 5.89. The first kappa shape index (κ1) is 6.34. The first-order valence-corrected chi connectivity index (χ1v) is 3.25. The predicted molar refractivity (Wildman–Crippen MR) is 41.8 cm³/mol. The molecule has 0 radical (unpaired) electrons. The van der Waals surface area contributed by atoms with E-state index in [2.05, 4.69) is 11.9 Å². The van der Waals surface area contributed by atoms with Crippen molar-refractivity contribution in [1.82, 2.24) is 4.98 Å². The van der Waals surface area contributed by atoms with Crippen molar-refractivity contribution in [3.8, 4) is 0 Å². The van der Waals surface area contributed by atoms with Gasteiger partial charge in [-0.2, -0.15) is 0 Å². The molecule has 1 heterocycles. The molecule has 0 unspecified atom stereocenters. The molecule has 0 fully saturated rings. The van der Waals surface area contributed by atoms with Crippen LogP contribution in [0.4, 0.5) is 0 Å².